The fourth-order valence-corrected chi connectivity index (χ4v) is 4.47. The number of halogens is 1. The van der Waals surface area contributed by atoms with E-state index in [1.807, 2.05) is 12.1 Å². The van der Waals surface area contributed by atoms with Gasteiger partial charge in [0.25, 0.3) is 5.91 Å². The van der Waals surface area contributed by atoms with Crippen LogP contribution < -0.4 is 0 Å². The van der Waals surface area contributed by atoms with Gasteiger partial charge in [-0.2, -0.15) is 0 Å². The quantitative estimate of drug-likeness (QED) is 0.724. The third kappa shape index (κ3) is 4.80. The molecule has 3 rings (SSSR count). The summed E-state index contributed by atoms with van der Waals surface area (Å²) in [5.41, 5.74) is 2.77. The average molecular weight is 436 g/mol. The Kier molecular flexibility index (Phi) is 6.63. The molecular weight excluding hydrogens is 410 g/mol. The fourth-order valence-electron chi connectivity index (χ4n) is 3.35. The predicted molar refractivity (Wildman–Crippen MR) is 115 cm³/mol. The summed E-state index contributed by atoms with van der Waals surface area (Å²) >= 11 is 6.23. The van der Waals surface area contributed by atoms with Gasteiger partial charge in [0.1, 0.15) is 0 Å². The highest BCUT2D eigenvalue weighted by Crippen LogP contribution is 2.24. The van der Waals surface area contributed by atoms with Crippen LogP contribution >= 0.6 is 11.6 Å². The number of benzene rings is 2. The third-order valence-electron chi connectivity index (χ3n) is 5.26. The Hall–Kier alpha value is -1.93. The second-order valence-electron chi connectivity index (χ2n) is 7.42. The molecule has 1 aliphatic rings. The maximum absolute atomic E-state index is 13.0. The Morgan fingerprint density at radius 3 is 2.34 bits per heavy atom. The van der Waals surface area contributed by atoms with E-state index in [1.165, 1.54) is 43.4 Å². The van der Waals surface area contributed by atoms with Crippen molar-refractivity contribution < 1.29 is 13.2 Å². The maximum Gasteiger partial charge on any atom is 0.255 e. The Balaban J connectivity index is 1.70. The molecule has 1 saturated heterocycles. The first-order valence-electron chi connectivity index (χ1n) is 9.48. The van der Waals surface area contributed by atoms with Crippen LogP contribution in [0.5, 0.6) is 0 Å². The van der Waals surface area contributed by atoms with Crippen molar-refractivity contribution in [1.29, 1.82) is 0 Å². The number of amides is 1. The minimum absolute atomic E-state index is 0.0634. The molecule has 1 heterocycles. The monoisotopic (exact) mass is 435 g/mol. The van der Waals surface area contributed by atoms with Gasteiger partial charge in [-0.1, -0.05) is 35.9 Å². The number of aryl methyl sites for hydroxylation is 1. The first kappa shape index (κ1) is 21.8. The molecule has 0 unspecified atom stereocenters. The summed E-state index contributed by atoms with van der Waals surface area (Å²) in [4.78, 5) is 17.1. The molecule has 1 fully saturated rings. The normalized spacial score (nSPS) is 15.7. The minimum atomic E-state index is -3.63. The van der Waals surface area contributed by atoms with Crippen molar-refractivity contribution in [2.24, 2.45) is 0 Å². The zero-order valence-electron chi connectivity index (χ0n) is 16.9. The summed E-state index contributed by atoms with van der Waals surface area (Å²) < 4.78 is 25.9. The molecule has 0 radical (unpaired) electrons. The Morgan fingerprint density at radius 1 is 1.07 bits per heavy atom. The largest absolute Gasteiger partial charge is 0.336 e. The van der Waals surface area contributed by atoms with Gasteiger partial charge in [-0.3, -0.25) is 9.69 Å². The van der Waals surface area contributed by atoms with Crippen LogP contribution in [0.25, 0.3) is 0 Å². The molecule has 0 aliphatic carbocycles. The zero-order valence-corrected chi connectivity index (χ0v) is 18.5. The number of hydrogen-bond acceptors (Lipinski definition) is 4. The number of carbonyl (C=O) groups is 1. The second kappa shape index (κ2) is 8.83. The Labute approximate surface area is 177 Å². The highest BCUT2D eigenvalue weighted by atomic mass is 35.5. The molecule has 29 heavy (non-hydrogen) atoms. The molecule has 0 atom stereocenters. The zero-order chi connectivity index (χ0) is 21.2. The van der Waals surface area contributed by atoms with E-state index in [1.54, 1.807) is 4.90 Å². The number of rotatable bonds is 5. The molecule has 6 nitrogen and oxygen atoms in total. The van der Waals surface area contributed by atoms with Crippen molar-refractivity contribution in [3.05, 3.63) is 64.2 Å². The lowest BCUT2D eigenvalue weighted by Gasteiger charge is -2.35. The topological polar surface area (TPSA) is 60.9 Å². The van der Waals surface area contributed by atoms with Gasteiger partial charge in [0.15, 0.2) is 0 Å². The van der Waals surface area contributed by atoms with Gasteiger partial charge in [0.05, 0.1) is 15.5 Å². The van der Waals surface area contributed by atoms with Crippen molar-refractivity contribution in [2.75, 3.05) is 40.3 Å². The molecule has 0 spiro atoms. The number of piperazine rings is 1. The molecule has 0 N–H and O–H groups in total. The smallest absolute Gasteiger partial charge is 0.255 e. The van der Waals surface area contributed by atoms with Crippen LogP contribution in [0.2, 0.25) is 5.02 Å². The lowest BCUT2D eigenvalue weighted by Crippen LogP contribution is -2.48. The van der Waals surface area contributed by atoms with Crippen LogP contribution in [-0.2, 0) is 16.6 Å². The average Bonchev–Trinajstić information content (AvgIpc) is 2.70. The number of carbonyl (C=O) groups excluding carboxylic acids is 1. The van der Waals surface area contributed by atoms with Crippen molar-refractivity contribution in [3.8, 4) is 0 Å². The highest BCUT2D eigenvalue weighted by Gasteiger charge is 2.26. The van der Waals surface area contributed by atoms with E-state index in [2.05, 4.69) is 24.0 Å². The first-order chi connectivity index (χ1) is 13.7. The molecule has 0 aromatic heterocycles. The van der Waals surface area contributed by atoms with Gasteiger partial charge in [0.2, 0.25) is 10.0 Å². The van der Waals surface area contributed by atoms with E-state index >= 15 is 0 Å². The van der Waals surface area contributed by atoms with Crippen LogP contribution in [0, 0.1) is 6.92 Å². The summed E-state index contributed by atoms with van der Waals surface area (Å²) in [6.45, 7) is 5.62. The van der Waals surface area contributed by atoms with Crippen molar-refractivity contribution >= 4 is 27.5 Å². The summed E-state index contributed by atoms with van der Waals surface area (Å²) in [7, 11) is -0.717. The molecule has 2 aromatic rings. The van der Waals surface area contributed by atoms with Gasteiger partial charge in [-0.05, 0) is 36.2 Å². The molecule has 0 bridgehead atoms. The lowest BCUT2D eigenvalue weighted by molar-refractivity contribution is 0.0628. The van der Waals surface area contributed by atoms with E-state index in [4.69, 9.17) is 11.6 Å². The van der Waals surface area contributed by atoms with Crippen LogP contribution in [0.3, 0.4) is 0 Å². The molecule has 1 aliphatic heterocycles. The molecule has 156 valence electrons. The van der Waals surface area contributed by atoms with Gasteiger partial charge >= 0.3 is 0 Å². The SMILES string of the molecule is Cc1ccccc1CN1CCN(C(=O)c2cc(S(=O)(=O)N(C)C)ccc2Cl)CC1. The summed E-state index contributed by atoms with van der Waals surface area (Å²) in [5.74, 6) is -0.235. The van der Waals surface area contributed by atoms with E-state index in [0.29, 0.717) is 13.1 Å². The van der Waals surface area contributed by atoms with Crippen LogP contribution in [0.15, 0.2) is 47.4 Å². The van der Waals surface area contributed by atoms with Gasteiger partial charge in [-0.25, -0.2) is 12.7 Å². The lowest BCUT2D eigenvalue weighted by atomic mass is 10.1. The van der Waals surface area contributed by atoms with Crippen molar-refractivity contribution in [2.45, 2.75) is 18.4 Å². The number of sulfonamides is 1. The van der Waals surface area contributed by atoms with Crippen LogP contribution in [-0.4, -0.2) is 68.7 Å². The van der Waals surface area contributed by atoms with Crippen LogP contribution in [0.4, 0.5) is 0 Å². The standard InChI is InChI=1S/C21H26ClN3O3S/c1-16-6-4-5-7-17(16)15-24-10-12-25(13-11-24)21(26)19-14-18(8-9-20(19)22)29(27,28)23(2)3/h4-9,14H,10-13,15H2,1-3H3. The number of hydrogen-bond donors (Lipinski definition) is 0. The van der Waals surface area contributed by atoms with Gasteiger partial charge < -0.3 is 4.90 Å². The van der Waals surface area contributed by atoms with Crippen LogP contribution in [0.1, 0.15) is 21.5 Å². The molecule has 2 aromatic carbocycles. The molecular formula is C21H26ClN3O3S. The van der Waals surface area contributed by atoms with Gasteiger partial charge in [0, 0.05) is 46.8 Å². The Bertz CT molecular complexity index is 1000. The summed E-state index contributed by atoms with van der Waals surface area (Å²) in [5, 5.41) is 0.259. The van der Waals surface area contributed by atoms with Gasteiger partial charge in [-0.15, -0.1) is 0 Å². The van der Waals surface area contributed by atoms with Crippen molar-refractivity contribution in [1.82, 2.24) is 14.1 Å². The number of nitrogens with zero attached hydrogens (tertiary/aromatic N) is 3. The maximum atomic E-state index is 13.0. The molecule has 1 amide bonds. The van der Waals surface area contributed by atoms with Crippen molar-refractivity contribution in [3.63, 3.8) is 0 Å². The molecule has 0 saturated carbocycles. The fraction of sp³-hybridized carbons (Fsp3) is 0.381. The Morgan fingerprint density at radius 2 is 1.72 bits per heavy atom. The first-order valence-corrected chi connectivity index (χ1v) is 11.3. The summed E-state index contributed by atoms with van der Waals surface area (Å²) in [6.07, 6.45) is 0. The minimum Gasteiger partial charge on any atom is -0.336 e. The van der Waals surface area contributed by atoms with E-state index in [9.17, 15) is 13.2 Å². The predicted octanol–water partition coefficient (Wildman–Crippen LogP) is 2.86. The highest BCUT2D eigenvalue weighted by molar-refractivity contribution is 7.89. The van der Waals surface area contributed by atoms with E-state index < -0.39 is 10.0 Å². The second-order valence-corrected chi connectivity index (χ2v) is 9.98. The third-order valence-corrected chi connectivity index (χ3v) is 7.40. The molecule has 8 heteroatoms. The van der Waals surface area contributed by atoms with E-state index in [0.717, 1.165) is 23.9 Å². The summed E-state index contributed by atoms with van der Waals surface area (Å²) in [6, 6.07) is 12.6. The van der Waals surface area contributed by atoms with E-state index in [-0.39, 0.29) is 21.4 Å².